The number of nitrogens with two attached hydrogens (primary N) is 1. The van der Waals surface area contributed by atoms with Crippen LogP contribution in [0.4, 0.5) is 10.1 Å². The van der Waals surface area contributed by atoms with Gasteiger partial charge in [0.05, 0.1) is 22.6 Å². The van der Waals surface area contributed by atoms with Crippen LogP contribution in [0.3, 0.4) is 0 Å². The van der Waals surface area contributed by atoms with Crippen molar-refractivity contribution in [3.05, 3.63) is 115 Å². The lowest BCUT2D eigenvalue weighted by atomic mass is 9.73. The van der Waals surface area contributed by atoms with Gasteiger partial charge in [-0.3, -0.25) is 9.69 Å². The van der Waals surface area contributed by atoms with Crippen molar-refractivity contribution in [1.29, 1.82) is 5.26 Å². The highest BCUT2D eigenvalue weighted by atomic mass is 35.5. The minimum Gasteiger partial charge on any atom is -0.384 e. The molecule has 3 aromatic carbocycles. The summed E-state index contributed by atoms with van der Waals surface area (Å²) in [7, 11) is 0. The first kappa shape index (κ1) is 27.3. The van der Waals surface area contributed by atoms with Crippen molar-refractivity contribution in [2.24, 2.45) is 5.73 Å². The van der Waals surface area contributed by atoms with Crippen molar-refractivity contribution >= 4 is 46.4 Å². The van der Waals surface area contributed by atoms with Crippen molar-refractivity contribution in [3.8, 4) is 6.07 Å². The van der Waals surface area contributed by atoms with E-state index in [0.29, 0.717) is 51.9 Å². The Kier molecular flexibility index (Phi) is 7.77. The van der Waals surface area contributed by atoms with Crippen LogP contribution in [0, 0.1) is 31.0 Å². The van der Waals surface area contributed by atoms with Crippen LogP contribution in [0.5, 0.6) is 0 Å². The molecule has 198 valence electrons. The van der Waals surface area contributed by atoms with Gasteiger partial charge in [0.25, 0.3) is 0 Å². The Morgan fingerprint density at radius 2 is 1.85 bits per heavy atom. The quantitative estimate of drug-likeness (QED) is 0.308. The van der Waals surface area contributed by atoms with Crippen molar-refractivity contribution < 1.29 is 9.18 Å². The maximum absolute atomic E-state index is 13.7. The molecule has 1 aliphatic carbocycles. The molecule has 0 saturated heterocycles. The number of hydrogen-bond acceptors (Lipinski definition) is 5. The molecule has 1 unspecified atom stereocenters. The lowest BCUT2D eigenvalue weighted by molar-refractivity contribution is -0.116. The van der Waals surface area contributed by atoms with E-state index in [-0.39, 0.29) is 17.4 Å². The van der Waals surface area contributed by atoms with Crippen LogP contribution in [-0.4, -0.2) is 5.78 Å². The van der Waals surface area contributed by atoms with Crippen molar-refractivity contribution in [2.75, 3.05) is 4.90 Å². The summed E-state index contributed by atoms with van der Waals surface area (Å²) < 4.78 is 13.7. The Hall–Kier alpha value is -3.24. The Morgan fingerprint density at radius 3 is 2.56 bits per heavy atom. The number of rotatable bonds is 5. The number of benzene rings is 3. The van der Waals surface area contributed by atoms with Crippen LogP contribution < -0.4 is 10.6 Å². The molecular formula is C31H26Cl2FN3OS. The smallest absolute Gasteiger partial charge is 0.161 e. The zero-order chi connectivity index (χ0) is 27.8. The summed E-state index contributed by atoms with van der Waals surface area (Å²) in [5.41, 5.74) is 13.0. The summed E-state index contributed by atoms with van der Waals surface area (Å²) in [5.74, 6) is -0.0322. The van der Waals surface area contributed by atoms with Crippen LogP contribution in [0.15, 0.2) is 82.2 Å². The van der Waals surface area contributed by atoms with Gasteiger partial charge in [-0.2, -0.15) is 5.26 Å². The highest BCUT2D eigenvalue weighted by molar-refractivity contribution is 7.98. The number of aryl methyl sites for hydroxylation is 1. The summed E-state index contributed by atoms with van der Waals surface area (Å²) in [6.45, 7) is 4.03. The Morgan fingerprint density at radius 1 is 1.10 bits per heavy atom. The highest BCUT2D eigenvalue weighted by Gasteiger charge is 2.41. The van der Waals surface area contributed by atoms with Crippen molar-refractivity contribution in [3.63, 3.8) is 0 Å². The minimum atomic E-state index is -0.576. The molecule has 39 heavy (non-hydrogen) atoms. The van der Waals surface area contributed by atoms with Crippen LogP contribution in [-0.2, 0) is 10.5 Å². The number of ketones is 1. The van der Waals surface area contributed by atoms with Gasteiger partial charge in [-0.15, -0.1) is 11.8 Å². The molecule has 0 fully saturated rings. The molecule has 1 aliphatic heterocycles. The standard InChI is InChI=1S/C31H26Cl2FN3OS/c1-17-12-19(16-39-28-14-20(32)6-11-25(28)33)18(2)23(13-17)29-24(15-35)31(36)37(22-9-7-21(34)8-10-22)26-4-3-5-27(38)30(26)29/h6-14,29H,3-5,16,36H2,1-2H3. The summed E-state index contributed by atoms with van der Waals surface area (Å²) in [6, 6.07) is 17.8. The number of thioether (sulfide) groups is 1. The van der Waals surface area contributed by atoms with E-state index in [1.807, 2.05) is 26.0 Å². The number of anilines is 1. The van der Waals surface area contributed by atoms with Crippen molar-refractivity contribution in [1.82, 2.24) is 0 Å². The zero-order valence-corrected chi connectivity index (χ0v) is 23.9. The average molecular weight is 579 g/mol. The van der Waals surface area contributed by atoms with E-state index < -0.39 is 5.92 Å². The number of nitrogens with zero attached hydrogens (tertiary/aromatic N) is 2. The second-order valence-corrected chi connectivity index (χ2v) is 11.7. The number of carbonyl (C=O) groups is 1. The molecule has 5 rings (SSSR count). The molecule has 2 N–H and O–H groups in total. The fourth-order valence-electron chi connectivity index (χ4n) is 5.44. The first-order valence-electron chi connectivity index (χ1n) is 12.6. The zero-order valence-electron chi connectivity index (χ0n) is 21.5. The number of halogens is 3. The Bertz CT molecular complexity index is 1590. The van der Waals surface area contributed by atoms with E-state index >= 15 is 0 Å². The van der Waals surface area contributed by atoms with Crippen LogP contribution >= 0.6 is 35.0 Å². The van der Waals surface area contributed by atoms with Gasteiger partial charge >= 0.3 is 0 Å². The van der Waals surface area contributed by atoms with Gasteiger partial charge in [0.1, 0.15) is 11.6 Å². The number of hydrogen-bond donors (Lipinski definition) is 1. The third-order valence-corrected chi connectivity index (χ3v) is 9.07. The van der Waals surface area contributed by atoms with E-state index in [4.69, 9.17) is 28.9 Å². The van der Waals surface area contributed by atoms with Crippen LogP contribution in [0.1, 0.15) is 47.4 Å². The lowest BCUT2D eigenvalue weighted by Gasteiger charge is -2.40. The van der Waals surface area contributed by atoms with Gasteiger partial charge in [-0.05, 0) is 85.8 Å². The summed E-state index contributed by atoms with van der Waals surface area (Å²) >= 11 is 14.2. The first-order valence-corrected chi connectivity index (χ1v) is 14.3. The summed E-state index contributed by atoms with van der Waals surface area (Å²) in [4.78, 5) is 16.2. The fraction of sp³-hybridized carbons (Fsp3) is 0.226. The Balaban J connectivity index is 1.63. The third-order valence-electron chi connectivity index (χ3n) is 7.29. The maximum Gasteiger partial charge on any atom is 0.161 e. The predicted octanol–water partition coefficient (Wildman–Crippen LogP) is 8.35. The first-order chi connectivity index (χ1) is 18.7. The van der Waals surface area contributed by atoms with E-state index in [1.165, 1.54) is 12.1 Å². The Labute approximate surface area is 241 Å². The maximum atomic E-state index is 13.7. The number of Topliss-reactive ketones (excluding diaryl/α,β-unsaturated/α-hetero) is 1. The molecule has 0 bridgehead atoms. The molecule has 1 atom stereocenters. The minimum absolute atomic E-state index is 0.0103. The van der Waals surface area contributed by atoms with Gasteiger partial charge in [0, 0.05) is 39.0 Å². The second kappa shape index (κ2) is 11.1. The summed E-state index contributed by atoms with van der Waals surface area (Å²) in [5, 5.41) is 11.6. The topological polar surface area (TPSA) is 70.1 Å². The fourth-order valence-corrected chi connectivity index (χ4v) is 6.98. The molecule has 8 heteroatoms. The summed E-state index contributed by atoms with van der Waals surface area (Å²) in [6.07, 6.45) is 1.73. The molecule has 2 aliphatic rings. The molecule has 0 aromatic heterocycles. The normalized spacial score (nSPS) is 17.4. The SMILES string of the molecule is Cc1cc(CSc2cc(Cl)ccc2Cl)c(C)c(C2C(C#N)=C(N)N(c3ccc(F)cc3)C3=C2C(=O)CCC3)c1. The monoisotopic (exact) mass is 577 g/mol. The molecule has 0 spiro atoms. The van der Waals surface area contributed by atoms with Crippen LogP contribution in [0.2, 0.25) is 10.0 Å². The number of carbonyl (C=O) groups excluding carboxylic acids is 1. The molecule has 1 heterocycles. The van der Waals surface area contributed by atoms with Gasteiger partial charge in [-0.25, -0.2) is 4.39 Å². The molecule has 0 radical (unpaired) electrons. The van der Waals surface area contributed by atoms with Gasteiger partial charge in [0.2, 0.25) is 0 Å². The average Bonchev–Trinajstić information content (AvgIpc) is 2.91. The molecule has 0 amide bonds. The van der Waals surface area contributed by atoms with Gasteiger partial charge < -0.3 is 5.73 Å². The van der Waals surface area contributed by atoms with E-state index in [1.54, 1.807) is 40.9 Å². The molecule has 3 aromatic rings. The van der Waals surface area contributed by atoms with E-state index in [0.717, 1.165) is 32.8 Å². The molecular weight excluding hydrogens is 552 g/mol. The highest BCUT2D eigenvalue weighted by Crippen LogP contribution is 2.47. The second-order valence-electron chi connectivity index (χ2n) is 9.79. The van der Waals surface area contributed by atoms with Gasteiger partial charge in [0.15, 0.2) is 5.78 Å². The molecule has 4 nitrogen and oxygen atoms in total. The van der Waals surface area contributed by atoms with Gasteiger partial charge in [-0.1, -0.05) is 40.9 Å². The van der Waals surface area contributed by atoms with Crippen LogP contribution in [0.25, 0.3) is 0 Å². The third kappa shape index (κ3) is 5.19. The van der Waals surface area contributed by atoms with Crippen molar-refractivity contribution in [2.45, 2.75) is 49.7 Å². The predicted molar refractivity (Wildman–Crippen MR) is 156 cm³/mol. The van der Waals surface area contributed by atoms with E-state index in [2.05, 4.69) is 12.1 Å². The molecule has 0 saturated carbocycles. The lowest BCUT2D eigenvalue weighted by Crippen LogP contribution is -2.39. The number of allylic oxidation sites excluding steroid dienone is 3. The number of nitriles is 1. The largest absolute Gasteiger partial charge is 0.384 e. The van der Waals surface area contributed by atoms with E-state index in [9.17, 15) is 14.4 Å².